The Hall–Kier alpha value is -3.74. The van der Waals surface area contributed by atoms with Crippen LogP contribution in [0, 0.1) is 5.82 Å². The summed E-state index contributed by atoms with van der Waals surface area (Å²) in [6.07, 6.45) is 2.95. The van der Waals surface area contributed by atoms with Gasteiger partial charge in [-0.2, -0.15) is 0 Å². The minimum absolute atomic E-state index is 0.100. The van der Waals surface area contributed by atoms with Crippen molar-refractivity contribution in [3.8, 4) is 0 Å². The Morgan fingerprint density at radius 2 is 1.94 bits per heavy atom. The first kappa shape index (κ1) is 20.5. The predicted octanol–water partition coefficient (Wildman–Crippen LogP) is 4.23. The number of pyridine rings is 1. The molecule has 1 unspecified atom stereocenters. The van der Waals surface area contributed by atoms with E-state index in [1.54, 1.807) is 42.4 Å². The Morgan fingerprint density at radius 3 is 2.71 bits per heavy atom. The van der Waals surface area contributed by atoms with Crippen molar-refractivity contribution in [2.24, 2.45) is 0 Å². The Bertz CT molecular complexity index is 1090. The van der Waals surface area contributed by atoms with Crippen LogP contribution in [0.15, 0.2) is 72.9 Å². The molecule has 7 heteroatoms. The van der Waals surface area contributed by atoms with Gasteiger partial charge in [0.05, 0.1) is 5.56 Å². The molecule has 2 amide bonds. The van der Waals surface area contributed by atoms with Crippen LogP contribution in [0.3, 0.4) is 0 Å². The van der Waals surface area contributed by atoms with E-state index in [1.807, 2.05) is 30.3 Å². The van der Waals surface area contributed by atoms with E-state index in [2.05, 4.69) is 10.3 Å². The van der Waals surface area contributed by atoms with Crippen molar-refractivity contribution in [2.45, 2.75) is 18.9 Å². The molecule has 0 aliphatic carbocycles. The van der Waals surface area contributed by atoms with E-state index in [0.717, 1.165) is 12.1 Å². The number of nitrogens with one attached hydrogen (secondary N) is 1. The van der Waals surface area contributed by atoms with E-state index >= 15 is 0 Å². The number of hydrogen-bond acceptors (Lipinski definition) is 4. The third-order valence-electron chi connectivity index (χ3n) is 5.39. The number of hydrogen-bond donors (Lipinski definition) is 1. The van der Waals surface area contributed by atoms with Crippen molar-refractivity contribution < 1.29 is 14.0 Å². The Kier molecular flexibility index (Phi) is 5.93. The van der Waals surface area contributed by atoms with Crippen molar-refractivity contribution in [2.75, 3.05) is 23.8 Å². The number of carbonyl (C=O) groups excluding carboxylic acids is 2. The molecule has 4 rings (SSSR count). The van der Waals surface area contributed by atoms with Gasteiger partial charge in [0.1, 0.15) is 17.7 Å². The highest BCUT2D eigenvalue weighted by Crippen LogP contribution is 2.26. The molecular weight excluding hydrogens is 395 g/mol. The van der Waals surface area contributed by atoms with Crippen LogP contribution in [0.4, 0.5) is 21.6 Å². The van der Waals surface area contributed by atoms with Crippen LogP contribution in [0.25, 0.3) is 0 Å². The van der Waals surface area contributed by atoms with Gasteiger partial charge < -0.3 is 15.1 Å². The van der Waals surface area contributed by atoms with Crippen molar-refractivity contribution in [1.29, 1.82) is 0 Å². The Labute approximate surface area is 180 Å². The highest BCUT2D eigenvalue weighted by atomic mass is 19.1. The summed E-state index contributed by atoms with van der Waals surface area (Å²) in [4.78, 5) is 34.0. The fraction of sp³-hybridized carbons (Fsp3) is 0.208. The highest BCUT2D eigenvalue weighted by Gasteiger charge is 2.35. The van der Waals surface area contributed by atoms with Crippen LogP contribution < -0.4 is 10.2 Å². The summed E-state index contributed by atoms with van der Waals surface area (Å²) in [5.41, 5.74) is 1.63. The molecule has 1 aliphatic heterocycles. The summed E-state index contributed by atoms with van der Waals surface area (Å²) in [6.45, 7) is 0.626. The molecule has 31 heavy (non-hydrogen) atoms. The fourth-order valence-corrected chi connectivity index (χ4v) is 3.79. The molecule has 1 atom stereocenters. The highest BCUT2D eigenvalue weighted by molar-refractivity contribution is 6.04. The molecule has 1 aliphatic rings. The van der Waals surface area contributed by atoms with E-state index in [-0.39, 0.29) is 17.6 Å². The molecule has 0 saturated carbocycles. The first-order valence-electron chi connectivity index (χ1n) is 10.2. The summed E-state index contributed by atoms with van der Waals surface area (Å²) in [7, 11) is 1.64. The average Bonchev–Trinajstić information content (AvgIpc) is 2.79. The summed E-state index contributed by atoms with van der Waals surface area (Å²) >= 11 is 0. The number of nitrogens with zero attached hydrogens (tertiary/aromatic N) is 3. The predicted molar refractivity (Wildman–Crippen MR) is 118 cm³/mol. The third-order valence-corrected chi connectivity index (χ3v) is 5.39. The molecule has 0 bridgehead atoms. The zero-order valence-corrected chi connectivity index (χ0v) is 17.2. The van der Waals surface area contributed by atoms with E-state index in [0.29, 0.717) is 30.0 Å². The molecule has 0 spiro atoms. The van der Waals surface area contributed by atoms with Crippen molar-refractivity contribution in [1.82, 2.24) is 9.88 Å². The molecule has 0 radical (unpaired) electrons. The van der Waals surface area contributed by atoms with E-state index in [9.17, 15) is 14.0 Å². The lowest BCUT2D eigenvalue weighted by molar-refractivity contribution is -0.124. The maximum atomic E-state index is 13.5. The number of piperidine rings is 1. The van der Waals surface area contributed by atoms with E-state index < -0.39 is 6.04 Å². The third kappa shape index (κ3) is 4.40. The second-order valence-corrected chi connectivity index (χ2v) is 7.43. The van der Waals surface area contributed by atoms with Crippen molar-refractivity contribution in [3.05, 3.63) is 84.3 Å². The zero-order valence-electron chi connectivity index (χ0n) is 17.2. The van der Waals surface area contributed by atoms with Crippen LogP contribution in [0.1, 0.15) is 23.2 Å². The van der Waals surface area contributed by atoms with E-state index in [4.69, 9.17) is 0 Å². The summed E-state index contributed by atoms with van der Waals surface area (Å²) < 4.78 is 13.5. The number of rotatable bonds is 5. The van der Waals surface area contributed by atoms with E-state index in [1.165, 1.54) is 17.0 Å². The molecule has 2 heterocycles. The van der Waals surface area contributed by atoms with Crippen LogP contribution in [0.5, 0.6) is 0 Å². The number of likely N-dealkylation sites (N-methyl/N-ethyl adjacent to an activating group) is 1. The van der Waals surface area contributed by atoms with Gasteiger partial charge in [-0.05, 0) is 55.3 Å². The Morgan fingerprint density at radius 1 is 1.13 bits per heavy atom. The minimum atomic E-state index is -0.566. The molecule has 3 aromatic rings. The van der Waals surface area contributed by atoms with Gasteiger partial charge in [0.15, 0.2) is 0 Å². The van der Waals surface area contributed by atoms with Crippen LogP contribution >= 0.6 is 0 Å². The van der Waals surface area contributed by atoms with Crippen molar-refractivity contribution in [3.63, 3.8) is 0 Å². The number of halogens is 1. The lowest BCUT2D eigenvalue weighted by Gasteiger charge is -2.37. The molecule has 1 N–H and O–H groups in total. The average molecular weight is 418 g/mol. The van der Waals surface area contributed by atoms with Gasteiger partial charge in [-0.1, -0.05) is 24.3 Å². The summed E-state index contributed by atoms with van der Waals surface area (Å²) in [6, 6.07) is 18.2. The van der Waals surface area contributed by atoms with Gasteiger partial charge in [0.25, 0.3) is 5.91 Å². The summed E-state index contributed by atoms with van der Waals surface area (Å²) in [5, 5.41) is 3.00. The first-order chi connectivity index (χ1) is 15.0. The quantitative estimate of drug-likeness (QED) is 0.673. The van der Waals surface area contributed by atoms with Gasteiger partial charge in [-0.15, -0.1) is 0 Å². The number of amides is 2. The van der Waals surface area contributed by atoms with Crippen LogP contribution in [-0.4, -0.2) is 41.3 Å². The maximum Gasteiger partial charge on any atom is 0.258 e. The minimum Gasteiger partial charge on any atom is -0.339 e. The largest absolute Gasteiger partial charge is 0.339 e. The summed E-state index contributed by atoms with van der Waals surface area (Å²) in [5.74, 6) is -0.495. The molecule has 158 valence electrons. The second-order valence-electron chi connectivity index (χ2n) is 7.43. The smallest absolute Gasteiger partial charge is 0.258 e. The van der Waals surface area contributed by atoms with Gasteiger partial charge in [-0.3, -0.25) is 9.59 Å². The zero-order chi connectivity index (χ0) is 21.8. The number of para-hydroxylation sites is 1. The SMILES string of the molecule is CN(C(=O)c1cccnc1Nc1cccc(F)c1)C1CCCN(c2ccccc2)C1=O. The standard InChI is InChI=1S/C24H23FN4O2/c1-28(21-13-7-15-29(24(21)31)19-10-3-2-4-11-19)23(30)20-12-6-14-26-22(20)27-18-9-5-8-17(25)16-18/h2-6,8-12,14,16,21H,7,13,15H2,1H3,(H,26,27). The normalized spacial score (nSPS) is 16.1. The first-order valence-corrected chi connectivity index (χ1v) is 10.2. The fourth-order valence-electron chi connectivity index (χ4n) is 3.79. The monoisotopic (exact) mass is 418 g/mol. The molecule has 1 saturated heterocycles. The van der Waals surface area contributed by atoms with Crippen LogP contribution in [-0.2, 0) is 4.79 Å². The topological polar surface area (TPSA) is 65.5 Å². The number of anilines is 3. The maximum absolute atomic E-state index is 13.5. The molecule has 2 aromatic carbocycles. The molecule has 1 aromatic heterocycles. The number of benzene rings is 2. The number of carbonyl (C=O) groups is 2. The van der Waals surface area contributed by atoms with Gasteiger partial charge >= 0.3 is 0 Å². The molecule has 1 fully saturated rings. The lowest BCUT2D eigenvalue weighted by atomic mass is 10.0. The van der Waals surface area contributed by atoms with Gasteiger partial charge in [0, 0.05) is 31.2 Å². The van der Waals surface area contributed by atoms with Crippen molar-refractivity contribution >= 4 is 29.0 Å². The lowest BCUT2D eigenvalue weighted by Crippen LogP contribution is -2.53. The second kappa shape index (κ2) is 8.95. The molecule has 6 nitrogen and oxygen atoms in total. The van der Waals surface area contributed by atoms with Crippen LogP contribution in [0.2, 0.25) is 0 Å². The number of aromatic nitrogens is 1. The van der Waals surface area contributed by atoms with Gasteiger partial charge in [0.2, 0.25) is 5.91 Å². The Balaban J connectivity index is 1.56. The molecular formula is C24H23FN4O2. The van der Waals surface area contributed by atoms with Gasteiger partial charge in [-0.25, -0.2) is 9.37 Å².